The molecular weight excluding hydrogens is 164 g/mol. The van der Waals surface area contributed by atoms with Gasteiger partial charge in [-0.1, -0.05) is 13.8 Å². The first-order valence-electron chi connectivity index (χ1n) is 5.36. The van der Waals surface area contributed by atoms with Crippen LogP contribution in [0.4, 0.5) is 0 Å². The summed E-state index contributed by atoms with van der Waals surface area (Å²) in [6.45, 7) is 3.93. The molecular formula is C11H18O2. The van der Waals surface area contributed by atoms with E-state index in [1.54, 1.807) is 0 Å². The fraction of sp³-hybridized carbons (Fsp3) is 0.909. The minimum absolute atomic E-state index is 0.127. The minimum atomic E-state index is -0.334. The number of ketones is 1. The molecule has 0 N–H and O–H groups in total. The van der Waals surface area contributed by atoms with Crippen LogP contribution in [0.1, 0.15) is 46.0 Å². The Balaban J connectivity index is 1.91. The van der Waals surface area contributed by atoms with Crippen LogP contribution < -0.4 is 0 Å². The summed E-state index contributed by atoms with van der Waals surface area (Å²) in [6.07, 6.45) is 5.91. The predicted molar refractivity (Wildman–Crippen MR) is 50.5 cm³/mol. The van der Waals surface area contributed by atoms with Gasteiger partial charge in [-0.2, -0.15) is 0 Å². The third-order valence-electron chi connectivity index (χ3n) is 3.12. The number of hydrogen-bond acceptors (Lipinski definition) is 2. The van der Waals surface area contributed by atoms with Gasteiger partial charge < -0.3 is 4.74 Å². The average molecular weight is 182 g/mol. The van der Waals surface area contributed by atoms with E-state index in [2.05, 4.69) is 0 Å². The number of hydrogen-bond donors (Lipinski definition) is 0. The number of rotatable bonds is 4. The quantitative estimate of drug-likeness (QED) is 0.667. The Hall–Kier alpha value is -0.370. The van der Waals surface area contributed by atoms with Gasteiger partial charge in [0.25, 0.3) is 0 Å². The van der Waals surface area contributed by atoms with Crippen LogP contribution >= 0.6 is 0 Å². The number of ether oxygens (including phenoxy) is 1. The summed E-state index contributed by atoms with van der Waals surface area (Å²) in [7, 11) is 0. The highest BCUT2D eigenvalue weighted by molar-refractivity contribution is 5.91. The molecule has 0 aromatic carbocycles. The highest BCUT2D eigenvalue weighted by Gasteiger charge is 2.53. The Morgan fingerprint density at radius 2 is 2.00 bits per heavy atom. The van der Waals surface area contributed by atoms with Crippen molar-refractivity contribution in [3.05, 3.63) is 0 Å². The molecule has 2 saturated carbocycles. The highest BCUT2D eigenvalue weighted by Crippen LogP contribution is 2.45. The molecule has 2 rings (SSSR count). The molecule has 0 aliphatic heterocycles. The predicted octanol–water partition coefficient (Wildman–Crippen LogP) is 2.31. The van der Waals surface area contributed by atoms with Gasteiger partial charge in [-0.15, -0.1) is 0 Å². The zero-order chi connectivity index (χ0) is 9.47. The van der Waals surface area contributed by atoms with Crippen molar-refractivity contribution in [1.29, 1.82) is 0 Å². The molecule has 0 unspecified atom stereocenters. The van der Waals surface area contributed by atoms with Crippen LogP contribution in [0, 0.1) is 5.92 Å². The van der Waals surface area contributed by atoms with E-state index in [1.165, 1.54) is 6.42 Å². The van der Waals surface area contributed by atoms with E-state index in [1.807, 2.05) is 13.8 Å². The molecule has 0 aromatic heterocycles. The van der Waals surface area contributed by atoms with Crippen molar-refractivity contribution in [3.63, 3.8) is 0 Å². The second-order valence-electron chi connectivity index (χ2n) is 4.68. The molecule has 0 bridgehead atoms. The first-order valence-corrected chi connectivity index (χ1v) is 5.36. The van der Waals surface area contributed by atoms with Gasteiger partial charge in [0.15, 0.2) is 5.78 Å². The maximum Gasteiger partial charge on any atom is 0.167 e. The standard InChI is InChI=1S/C11H18O2/c1-8(2)10(12)11(6-7-11)13-9-4-3-5-9/h8-9H,3-7H2,1-2H3. The molecule has 2 aliphatic carbocycles. The van der Waals surface area contributed by atoms with E-state index in [-0.39, 0.29) is 11.5 Å². The van der Waals surface area contributed by atoms with Crippen molar-refractivity contribution < 1.29 is 9.53 Å². The van der Waals surface area contributed by atoms with Crippen molar-refractivity contribution in [1.82, 2.24) is 0 Å². The lowest BCUT2D eigenvalue weighted by molar-refractivity contribution is -0.145. The molecule has 0 heterocycles. The first-order chi connectivity index (χ1) is 6.14. The van der Waals surface area contributed by atoms with Crippen LogP contribution in [0.3, 0.4) is 0 Å². The molecule has 0 saturated heterocycles. The Morgan fingerprint density at radius 1 is 1.38 bits per heavy atom. The van der Waals surface area contributed by atoms with Crippen LogP contribution in [0.25, 0.3) is 0 Å². The van der Waals surface area contributed by atoms with Crippen LogP contribution in [-0.4, -0.2) is 17.5 Å². The molecule has 0 aromatic rings. The maximum absolute atomic E-state index is 11.8. The summed E-state index contributed by atoms with van der Waals surface area (Å²) >= 11 is 0. The lowest BCUT2D eigenvalue weighted by Crippen LogP contribution is -2.36. The molecule has 2 aliphatic rings. The molecule has 13 heavy (non-hydrogen) atoms. The van der Waals surface area contributed by atoms with Crippen LogP contribution in [0.5, 0.6) is 0 Å². The van der Waals surface area contributed by atoms with Crippen molar-refractivity contribution in [2.24, 2.45) is 5.92 Å². The number of carbonyl (C=O) groups is 1. The summed E-state index contributed by atoms with van der Waals surface area (Å²) in [5.74, 6) is 0.446. The lowest BCUT2D eigenvalue weighted by atomic mass is 9.94. The molecule has 2 fully saturated rings. The Kier molecular flexibility index (Phi) is 2.18. The normalized spacial score (nSPS) is 25.8. The minimum Gasteiger partial charge on any atom is -0.364 e. The molecule has 0 atom stereocenters. The van der Waals surface area contributed by atoms with E-state index in [0.29, 0.717) is 11.9 Å². The second kappa shape index (κ2) is 3.09. The molecule has 0 radical (unpaired) electrons. The second-order valence-corrected chi connectivity index (χ2v) is 4.68. The summed E-state index contributed by atoms with van der Waals surface area (Å²) in [6, 6.07) is 0. The van der Waals surface area contributed by atoms with Gasteiger partial charge >= 0.3 is 0 Å². The van der Waals surface area contributed by atoms with Crippen molar-refractivity contribution in [3.8, 4) is 0 Å². The summed E-state index contributed by atoms with van der Waals surface area (Å²) in [5.41, 5.74) is -0.334. The molecule has 2 heteroatoms. The topological polar surface area (TPSA) is 26.3 Å². The molecule has 0 spiro atoms. The molecule has 2 nitrogen and oxygen atoms in total. The van der Waals surface area contributed by atoms with Gasteiger partial charge in [0.05, 0.1) is 6.10 Å². The van der Waals surface area contributed by atoms with E-state index >= 15 is 0 Å². The van der Waals surface area contributed by atoms with Crippen LogP contribution in [0.2, 0.25) is 0 Å². The van der Waals surface area contributed by atoms with E-state index < -0.39 is 0 Å². The van der Waals surface area contributed by atoms with Crippen LogP contribution in [0.15, 0.2) is 0 Å². The highest BCUT2D eigenvalue weighted by atomic mass is 16.5. The van der Waals surface area contributed by atoms with Crippen molar-refractivity contribution in [2.75, 3.05) is 0 Å². The van der Waals surface area contributed by atoms with Gasteiger partial charge in [-0.3, -0.25) is 4.79 Å². The largest absolute Gasteiger partial charge is 0.364 e. The smallest absolute Gasteiger partial charge is 0.167 e. The van der Waals surface area contributed by atoms with Gasteiger partial charge in [0, 0.05) is 5.92 Å². The first kappa shape index (κ1) is 9.20. The van der Waals surface area contributed by atoms with Gasteiger partial charge in [-0.05, 0) is 32.1 Å². The molecule has 0 amide bonds. The van der Waals surface area contributed by atoms with E-state index in [9.17, 15) is 4.79 Å². The monoisotopic (exact) mass is 182 g/mol. The SMILES string of the molecule is CC(C)C(=O)C1(OC2CCC2)CC1. The Bertz CT molecular complexity index is 212. The maximum atomic E-state index is 11.8. The fourth-order valence-corrected chi connectivity index (χ4v) is 1.87. The van der Waals surface area contributed by atoms with E-state index in [4.69, 9.17) is 4.74 Å². The summed E-state index contributed by atoms with van der Waals surface area (Å²) < 4.78 is 5.86. The van der Waals surface area contributed by atoms with Gasteiger partial charge in [0.2, 0.25) is 0 Å². The Labute approximate surface area is 79.7 Å². The van der Waals surface area contributed by atoms with Gasteiger partial charge in [-0.25, -0.2) is 0 Å². The number of carbonyl (C=O) groups excluding carboxylic acids is 1. The molecule has 74 valence electrons. The third kappa shape index (κ3) is 1.64. The summed E-state index contributed by atoms with van der Waals surface area (Å²) in [4.78, 5) is 11.8. The zero-order valence-corrected chi connectivity index (χ0v) is 8.51. The van der Waals surface area contributed by atoms with Crippen molar-refractivity contribution in [2.45, 2.75) is 57.7 Å². The Morgan fingerprint density at radius 3 is 2.31 bits per heavy atom. The van der Waals surface area contributed by atoms with Gasteiger partial charge in [0.1, 0.15) is 5.60 Å². The van der Waals surface area contributed by atoms with E-state index in [0.717, 1.165) is 25.7 Å². The number of Topliss-reactive ketones (excluding diaryl/α,β-unsaturated/α-hetero) is 1. The van der Waals surface area contributed by atoms with Crippen molar-refractivity contribution >= 4 is 5.78 Å². The lowest BCUT2D eigenvalue weighted by Gasteiger charge is -2.30. The fourth-order valence-electron chi connectivity index (χ4n) is 1.87. The third-order valence-corrected chi connectivity index (χ3v) is 3.12. The zero-order valence-electron chi connectivity index (χ0n) is 8.51. The van der Waals surface area contributed by atoms with Crippen LogP contribution in [-0.2, 0) is 9.53 Å². The average Bonchev–Trinajstić information content (AvgIpc) is 2.76. The summed E-state index contributed by atoms with van der Waals surface area (Å²) in [5, 5.41) is 0.